The van der Waals surface area contributed by atoms with Gasteiger partial charge in [-0.2, -0.15) is 0 Å². The van der Waals surface area contributed by atoms with Crippen molar-refractivity contribution in [2.45, 2.75) is 13.8 Å². The van der Waals surface area contributed by atoms with Crippen LogP contribution in [0.2, 0.25) is 0 Å². The molecule has 0 saturated heterocycles. The van der Waals surface area contributed by atoms with Crippen molar-refractivity contribution in [3.8, 4) is 22.3 Å². The number of hydrogen-bond acceptors (Lipinski definition) is 2. The number of aryl methyl sites for hydroxylation is 2. The Morgan fingerprint density at radius 1 is 0.514 bits per heavy atom. The standard InChI is InChI=1S/C35H28N2/c1-25-24-32(17-19-33(25)35-18-14-29-10-6-7-11-34(29)26(35)2)37(31-20-22-36-23-21-31)30-15-12-28(13-16-30)27-8-4-3-5-9-27/h3-24H,1-2H3. The molecule has 178 valence electrons. The SMILES string of the molecule is Cc1cc(N(c2ccncc2)c2ccc(-c3ccccc3)cc2)ccc1-c1ccc2ccccc2c1C. The summed E-state index contributed by atoms with van der Waals surface area (Å²) < 4.78 is 0. The number of nitrogens with zero attached hydrogens (tertiary/aromatic N) is 2. The summed E-state index contributed by atoms with van der Waals surface area (Å²) in [5, 5.41) is 2.58. The number of anilines is 3. The number of benzene rings is 5. The second kappa shape index (κ2) is 9.75. The lowest BCUT2D eigenvalue weighted by Gasteiger charge is -2.26. The number of aromatic nitrogens is 1. The van der Waals surface area contributed by atoms with Crippen molar-refractivity contribution in [3.05, 3.63) is 145 Å². The number of pyridine rings is 1. The largest absolute Gasteiger partial charge is 0.310 e. The molecule has 2 heteroatoms. The van der Waals surface area contributed by atoms with E-state index in [0.29, 0.717) is 0 Å². The Morgan fingerprint density at radius 3 is 1.89 bits per heavy atom. The van der Waals surface area contributed by atoms with Gasteiger partial charge in [-0.05, 0) is 94.4 Å². The molecule has 0 spiro atoms. The fourth-order valence-corrected chi connectivity index (χ4v) is 5.18. The Bertz CT molecular complexity index is 1670. The molecule has 37 heavy (non-hydrogen) atoms. The Balaban J connectivity index is 1.42. The van der Waals surface area contributed by atoms with Gasteiger partial charge in [-0.25, -0.2) is 0 Å². The molecular weight excluding hydrogens is 448 g/mol. The summed E-state index contributed by atoms with van der Waals surface area (Å²) in [6.45, 7) is 4.43. The molecule has 0 N–H and O–H groups in total. The zero-order valence-corrected chi connectivity index (χ0v) is 21.1. The Kier molecular flexibility index (Phi) is 6.00. The van der Waals surface area contributed by atoms with Crippen molar-refractivity contribution in [2.75, 3.05) is 4.90 Å². The summed E-state index contributed by atoms with van der Waals surface area (Å²) in [6, 6.07) is 43.2. The van der Waals surface area contributed by atoms with Gasteiger partial charge in [0.25, 0.3) is 0 Å². The van der Waals surface area contributed by atoms with Gasteiger partial charge in [0.15, 0.2) is 0 Å². The third-order valence-electron chi connectivity index (χ3n) is 7.11. The maximum Gasteiger partial charge on any atom is 0.0492 e. The first-order valence-corrected chi connectivity index (χ1v) is 12.6. The van der Waals surface area contributed by atoms with E-state index in [2.05, 4.69) is 145 Å². The van der Waals surface area contributed by atoms with Gasteiger partial charge in [0.05, 0.1) is 0 Å². The van der Waals surface area contributed by atoms with E-state index in [0.717, 1.165) is 17.1 Å². The fourth-order valence-electron chi connectivity index (χ4n) is 5.18. The summed E-state index contributed by atoms with van der Waals surface area (Å²) in [5.74, 6) is 0. The van der Waals surface area contributed by atoms with E-state index in [1.807, 2.05) is 12.4 Å². The van der Waals surface area contributed by atoms with Crippen LogP contribution in [0.3, 0.4) is 0 Å². The third kappa shape index (κ3) is 4.39. The topological polar surface area (TPSA) is 16.1 Å². The van der Waals surface area contributed by atoms with E-state index < -0.39 is 0 Å². The van der Waals surface area contributed by atoms with Crippen LogP contribution in [0.1, 0.15) is 11.1 Å². The number of rotatable bonds is 5. The van der Waals surface area contributed by atoms with E-state index in [9.17, 15) is 0 Å². The average molecular weight is 477 g/mol. The molecule has 0 amide bonds. The van der Waals surface area contributed by atoms with E-state index >= 15 is 0 Å². The molecule has 0 radical (unpaired) electrons. The van der Waals surface area contributed by atoms with Crippen LogP contribution in [-0.2, 0) is 0 Å². The quantitative estimate of drug-likeness (QED) is 0.246. The van der Waals surface area contributed by atoms with E-state index in [1.54, 1.807) is 0 Å². The molecule has 0 fully saturated rings. The van der Waals surface area contributed by atoms with Crippen LogP contribution >= 0.6 is 0 Å². The van der Waals surface area contributed by atoms with Crippen molar-refractivity contribution in [1.29, 1.82) is 0 Å². The lowest BCUT2D eigenvalue weighted by molar-refractivity contribution is 1.24. The first-order chi connectivity index (χ1) is 18.2. The highest BCUT2D eigenvalue weighted by Gasteiger charge is 2.15. The van der Waals surface area contributed by atoms with E-state index in [-0.39, 0.29) is 0 Å². The Morgan fingerprint density at radius 2 is 1.14 bits per heavy atom. The molecule has 2 nitrogen and oxygen atoms in total. The minimum absolute atomic E-state index is 1.08. The minimum Gasteiger partial charge on any atom is -0.310 e. The first-order valence-electron chi connectivity index (χ1n) is 12.6. The average Bonchev–Trinajstić information content (AvgIpc) is 2.96. The second-order valence-electron chi connectivity index (χ2n) is 9.41. The predicted molar refractivity (Wildman–Crippen MR) is 157 cm³/mol. The van der Waals surface area contributed by atoms with Gasteiger partial charge in [-0.3, -0.25) is 4.98 Å². The zero-order valence-electron chi connectivity index (χ0n) is 21.1. The molecule has 6 rings (SSSR count). The minimum atomic E-state index is 1.08. The zero-order chi connectivity index (χ0) is 25.2. The fraction of sp³-hybridized carbons (Fsp3) is 0.0571. The molecular formula is C35H28N2. The summed E-state index contributed by atoms with van der Waals surface area (Å²) >= 11 is 0. The molecule has 0 aliphatic carbocycles. The van der Waals surface area contributed by atoms with Crippen LogP contribution in [0.5, 0.6) is 0 Å². The van der Waals surface area contributed by atoms with Crippen molar-refractivity contribution in [1.82, 2.24) is 4.98 Å². The maximum atomic E-state index is 4.25. The van der Waals surface area contributed by atoms with Crippen LogP contribution in [0, 0.1) is 13.8 Å². The third-order valence-corrected chi connectivity index (χ3v) is 7.11. The smallest absolute Gasteiger partial charge is 0.0492 e. The highest BCUT2D eigenvalue weighted by molar-refractivity contribution is 5.92. The van der Waals surface area contributed by atoms with Crippen molar-refractivity contribution < 1.29 is 0 Å². The van der Waals surface area contributed by atoms with Gasteiger partial charge in [-0.1, -0.05) is 84.9 Å². The Hall–Kier alpha value is -4.69. The lowest BCUT2D eigenvalue weighted by Crippen LogP contribution is -2.10. The highest BCUT2D eigenvalue weighted by Crippen LogP contribution is 2.39. The molecule has 1 aromatic heterocycles. The van der Waals surface area contributed by atoms with Crippen molar-refractivity contribution in [3.63, 3.8) is 0 Å². The van der Waals surface area contributed by atoms with E-state index in [4.69, 9.17) is 0 Å². The molecule has 1 heterocycles. The number of hydrogen-bond donors (Lipinski definition) is 0. The maximum absolute atomic E-state index is 4.25. The van der Waals surface area contributed by atoms with Gasteiger partial charge in [-0.15, -0.1) is 0 Å². The number of fused-ring (bicyclic) bond motifs is 1. The molecule has 0 aliphatic heterocycles. The van der Waals surface area contributed by atoms with Crippen LogP contribution in [0.25, 0.3) is 33.0 Å². The normalized spacial score (nSPS) is 11.0. The summed E-state index contributed by atoms with van der Waals surface area (Å²) in [4.78, 5) is 6.54. The molecule has 0 aliphatic rings. The van der Waals surface area contributed by atoms with Gasteiger partial charge in [0.2, 0.25) is 0 Å². The molecule has 0 unspecified atom stereocenters. The van der Waals surface area contributed by atoms with Gasteiger partial charge >= 0.3 is 0 Å². The molecule has 0 bridgehead atoms. The lowest BCUT2D eigenvalue weighted by atomic mass is 9.92. The summed E-state index contributed by atoms with van der Waals surface area (Å²) in [6.07, 6.45) is 3.70. The monoisotopic (exact) mass is 476 g/mol. The van der Waals surface area contributed by atoms with Gasteiger partial charge < -0.3 is 4.90 Å². The summed E-state index contributed by atoms with van der Waals surface area (Å²) in [5.41, 5.74) is 10.8. The molecule has 5 aromatic carbocycles. The van der Waals surface area contributed by atoms with Gasteiger partial charge in [0, 0.05) is 29.5 Å². The van der Waals surface area contributed by atoms with Crippen LogP contribution in [-0.4, -0.2) is 4.98 Å². The van der Waals surface area contributed by atoms with E-state index in [1.165, 1.54) is 44.2 Å². The molecule has 0 atom stereocenters. The van der Waals surface area contributed by atoms with Crippen LogP contribution in [0.4, 0.5) is 17.1 Å². The molecule has 6 aromatic rings. The van der Waals surface area contributed by atoms with Crippen molar-refractivity contribution >= 4 is 27.8 Å². The predicted octanol–water partition coefficient (Wildman–Crippen LogP) is 9.66. The van der Waals surface area contributed by atoms with Crippen LogP contribution < -0.4 is 4.90 Å². The van der Waals surface area contributed by atoms with Crippen molar-refractivity contribution in [2.24, 2.45) is 0 Å². The highest BCUT2D eigenvalue weighted by atomic mass is 15.1. The second-order valence-corrected chi connectivity index (χ2v) is 9.41. The van der Waals surface area contributed by atoms with Crippen LogP contribution in [0.15, 0.2) is 134 Å². The van der Waals surface area contributed by atoms with Gasteiger partial charge in [0.1, 0.15) is 0 Å². The molecule has 0 saturated carbocycles. The summed E-state index contributed by atoms with van der Waals surface area (Å²) in [7, 11) is 0. The Labute approximate surface area is 218 Å². The first kappa shape index (κ1) is 22.8.